The van der Waals surface area contributed by atoms with Crippen molar-refractivity contribution in [2.45, 2.75) is 13.3 Å². The maximum absolute atomic E-state index is 13.6. The summed E-state index contributed by atoms with van der Waals surface area (Å²) in [4.78, 5) is 4.31. The molecule has 1 aromatic rings. The van der Waals surface area contributed by atoms with E-state index in [0.29, 0.717) is 57.3 Å². The van der Waals surface area contributed by atoms with Crippen molar-refractivity contribution >= 4 is 16.0 Å². The smallest absolute Gasteiger partial charge is 0.216 e. The average molecular weight is 386 g/mol. The number of sulfonamides is 1. The molecular weight excluding hydrogens is 359 g/mol. The Morgan fingerprint density at radius 3 is 2.69 bits per heavy atom. The van der Waals surface area contributed by atoms with Crippen LogP contribution in [0.4, 0.5) is 4.39 Å². The van der Waals surface area contributed by atoms with Crippen LogP contribution < -0.4 is 10.6 Å². The van der Waals surface area contributed by atoms with Gasteiger partial charge in [-0.05, 0) is 25.0 Å². The number of ether oxygens (including phenoxy) is 1. The van der Waals surface area contributed by atoms with Crippen molar-refractivity contribution in [1.82, 2.24) is 14.9 Å². The quantitative estimate of drug-likeness (QED) is 0.505. The van der Waals surface area contributed by atoms with E-state index in [4.69, 9.17) is 4.74 Å². The van der Waals surface area contributed by atoms with Crippen LogP contribution in [0, 0.1) is 5.82 Å². The van der Waals surface area contributed by atoms with Gasteiger partial charge in [0.2, 0.25) is 10.0 Å². The first kappa shape index (κ1) is 20.6. The Hall–Kier alpha value is -1.71. The first-order chi connectivity index (χ1) is 12.5. The predicted molar refractivity (Wildman–Crippen MR) is 100 cm³/mol. The Balaban J connectivity index is 1.82. The molecule has 2 N–H and O–H groups in total. The number of aliphatic imine (C=N–C) groups is 1. The zero-order chi connectivity index (χ0) is 18.8. The minimum atomic E-state index is -3.32. The zero-order valence-corrected chi connectivity index (χ0v) is 15.9. The average Bonchev–Trinajstić information content (AvgIpc) is 2.64. The molecule has 1 fully saturated rings. The largest absolute Gasteiger partial charge is 0.379 e. The molecule has 0 bridgehead atoms. The summed E-state index contributed by atoms with van der Waals surface area (Å²) < 4.78 is 44.8. The highest BCUT2D eigenvalue weighted by molar-refractivity contribution is 7.89. The van der Waals surface area contributed by atoms with E-state index >= 15 is 0 Å². The summed E-state index contributed by atoms with van der Waals surface area (Å²) in [7, 11) is -3.32. The second-order valence-corrected chi connectivity index (χ2v) is 7.94. The Kier molecular flexibility index (Phi) is 8.27. The monoisotopic (exact) mass is 386 g/mol. The molecule has 0 aromatic heterocycles. The molecule has 1 aromatic carbocycles. The van der Waals surface area contributed by atoms with Gasteiger partial charge in [0.25, 0.3) is 0 Å². The fourth-order valence-corrected chi connectivity index (χ4v) is 3.87. The Bertz CT molecular complexity index is 691. The van der Waals surface area contributed by atoms with Crippen molar-refractivity contribution in [2.75, 3.05) is 51.7 Å². The van der Waals surface area contributed by atoms with E-state index in [1.807, 2.05) is 6.92 Å². The molecule has 1 saturated heterocycles. The maximum atomic E-state index is 13.6. The molecule has 2 rings (SSSR count). The van der Waals surface area contributed by atoms with E-state index in [1.165, 1.54) is 10.4 Å². The molecule has 0 spiro atoms. The minimum absolute atomic E-state index is 0.0448. The van der Waals surface area contributed by atoms with Gasteiger partial charge in [-0.1, -0.05) is 18.2 Å². The fraction of sp³-hybridized carbons (Fsp3) is 0.588. The molecule has 26 heavy (non-hydrogen) atoms. The third-order valence-corrected chi connectivity index (χ3v) is 5.82. The van der Waals surface area contributed by atoms with Crippen LogP contribution in [0.5, 0.6) is 0 Å². The Labute approximate surface area is 154 Å². The van der Waals surface area contributed by atoms with Crippen LogP contribution in [0.3, 0.4) is 0 Å². The SMILES string of the molecule is CCNC(=NCCS(=O)(=O)N1CCOCC1)NCCc1ccccc1F. The lowest BCUT2D eigenvalue weighted by atomic mass is 10.1. The third kappa shape index (κ3) is 6.54. The summed E-state index contributed by atoms with van der Waals surface area (Å²) in [5.41, 5.74) is 0.630. The first-order valence-corrected chi connectivity index (χ1v) is 10.4. The second kappa shape index (κ2) is 10.4. The van der Waals surface area contributed by atoms with E-state index in [1.54, 1.807) is 18.2 Å². The van der Waals surface area contributed by atoms with Crippen molar-refractivity contribution in [3.05, 3.63) is 35.6 Å². The highest BCUT2D eigenvalue weighted by Gasteiger charge is 2.23. The van der Waals surface area contributed by atoms with Crippen LogP contribution >= 0.6 is 0 Å². The topological polar surface area (TPSA) is 83.0 Å². The summed E-state index contributed by atoms with van der Waals surface area (Å²) in [5, 5.41) is 6.17. The van der Waals surface area contributed by atoms with E-state index in [0.717, 1.165) is 0 Å². The number of rotatable bonds is 8. The van der Waals surface area contributed by atoms with Gasteiger partial charge >= 0.3 is 0 Å². The number of benzene rings is 1. The number of hydrogen-bond donors (Lipinski definition) is 2. The highest BCUT2D eigenvalue weighted by atomic mass is 32.2. The molecule has 0 amide bonds. The molecule has 0 unspecified atom stereocenters. The van der Waals surface area contributed by atoms with Crippen LogP contribution in [0.15, 0.2) is 29.3 Å². The molecule has 0 aliphatic carbocycles. The molecule has 1 aliphatic heterocycles. The summed E-state index contributed by atoms with van der Waals surface area (Å²) in [6.45, 7) is 4.91. The number of nitrogens with zero attached hydrogens (tertiary/aromatic N) is 2. The summed E-state index contributed by atoms with van der Waals surface area (Å²) in [6, 6.07) is 6.64. The van der Waals surface area contributed by atoms with Crippen LogP contribution in [-0.4, -0.2) is 70.4 Å². The van der Waals surface area contributed by atoms with Gasteiger partial charge in [-0.2, -0.15) is 4.31 Å². The summed E-state index contributed by atoms with van der Waals surface area (Å²) in [6.07, 6.45) is 0.517. The summed E-state index contributed by atoms with van der Waals surface area (Å²) in [5.74, 6) is 0.255. The molecule has 1 aliphatic rings. The van der Waals surface area contributed by atoms with Gasteiger partial charge in [0.05, 0.1) is 25.5 Å². The van der Waals surface area contributed by atoms with Gasteiger partial charge in [-0.3, -0.25) is 4.99 Å². The van der Waals surface area contributed by atoms with Crippen LogP contribution in [0.25, 0.3) is 0 Å². The minimum Gasteiger partial charge on any atom is -0.379 e. The number of morpholine rings is 1. The van der Waals surface area contributed by atoms with E-state index < -0.39 is 10.0 Å². The van der Waals surface area contributed by atoms with Crippen LogP contribution in [0.1, 0.15) is 12.5 Å². The molecule has 7 nitrogen and oxygen atoms in total. The Morgan fingerprint density at radius 1 is 1.27 bits per heavy atom. The van der Waals surface area contributed by atoms with Gasteiger partial charge in [-0.15, -0.1) is 0 Å². The molecule has 0 radical (unpaired) electrons. The molecule has 9 heteroatoms. The third-order valence-electron chi connectivity index (χ3n) is 3.97. The van der Waals surface area contributed by atoms with Gasteiger partial charge in [0.1, 0.15) is 5.82 Å². The first-order valence-electron chi connectivity index (χ1n) is 8.84. The van der Waals surface area contributed by atoms with Gasteiger partial charge in [0.15, 0.2) is 5.96 Å². The lowest BCUT2D eigenvalue weighted by Gasteiger charge is -2.25. The number of nitrogens with one attached hydrogen (secondary N) is 2. The molecule has 1 heterocycles. The van der Waals surface area contributed by atoms with Gasteiger partial charge < -0.3 is 15.4 Å². The number of hydrogen-bond acceptors (Lipinski definition) is 4. The van der Waals surface area contributed by atoms with Gasteiger partial charge in [-0.25, -0.2) is 12.8 Å². The lowest BCUT2D eigenvalue weighted by molar-refractivity contribution is 0.0731. The molecular formula is C17H27FN4O3S. The maximum Gasteiger partial charge on any atom is 0.216 e. The zero-order valence-electron chi connectivity index (χ0n) is 15.1. The molecule has 0 saturated carbocycles. The van der Waals surface area contributed by atoms with Crippen molar-refractivity contribution in [3.8, 4) is 0 Å². The molecule has 0 atom stereocenters. The van der Waals surface area contributed by atoms with Crippen molar-refractivity contribution in [1.29, 1.82) is 0 Å². The summed E-state index contributed by atoms with van der Waals surface area (Å²) >= 11 is 0. The lowest BCUT2D eigenvalue weighted by Crippen LogP contribution is -2.42. The Morgan fingerprint density at radius 2 is 2.00 bits per heavy atom. The standard InChI is InChI=1S/C17H27FN4O3S/c1-2-19-17(20-8-7-15-5-3-4-6-16(15)18)21-9-14-26(23,24)22-10-12-25-13-11-22/h3-6H,2,7-14H2,1H3,(H2,19,20,21). The second-order valence-electron chi connectivity index (χ2n) is 5.86. The number of halogens is 1. The van der Waals surface area contributed by atoms with E-state index in [9.17, 15) is 12.8 Å². The van der Waals surface area contributed by atoms with Crippen molar-refractivity contribution in [3.63, 3.8) is 0 Å². The van der Waals surface area contributed by atoms with Crippen LogP contribution in [0.2, 0.25) is 0 Å². The van der Waals surface area contributed by atoms with Gasteiger partial charge in [0, 0.05) is 26.2 Å². The normalized spacial score (nSPS) is 16.5. The number of guanidine groups is 1. The van der Waals surface area contributed by atoms with Crippen molar-refractivity contribution in [2.24, 2.45) is 4.99 Å². The highest BCUT2D eigenvalue weighted by Crippen LogP contribution is 2.07. The van der Waals surface area contributed by atoms with Crippen LogP contribution in [-0.2, 0) is 21.2 Å². The molecule has 146 valence electrons. The predicted octanol–water partition coefficient (Wildman–Crippen LogP) is 0.585. The fourth-order valence-electron chi connectivity index (χ4n) is 2.59. The van der Waals surface area contributed by atoms with Crippen molar-refractivity contribution < 1.29 is 17.5 Å². The van der Waals surface area contributed by atoms with E-state index in [2.05, 4.69) is 15.6 Å². The van der Waals surface area contributed by atoms with E-state index in [-0.39, 0.29) is 18.1 Å².